The first-order valence-corrected chi connectivity index (χ1v) is 9.66. The molecule has 1 atom stereocenters. The van der Waals surface area contributed by atoms with Crippen LogP contribution in [0.2, 0.25) is 5.02 Å². The fourth-order valence-electron chi connectivity index (χ4n) is 3.49. The monoisotopic (exact) mass is 397 g/mol. The van der Waals surface area contributed by atoms with Crippen molar-refractivity contribution in [2.24, 2.45) is 0 Å². The fourth-order valence-corrected chi connectivity index (χ4v) is 4.86. The van der Waals surface area contributed by atoms with Gasteiger partial charge in [0.2, 0.25) is 5.91 Å². The number of carbonyl (C=O) groups excluding carboxylic acids is 1. The summed E-state index contributed by atoms with van der Waals surface area (Å²) in [5.74, 6) is -1.27. The number of aryl methyl sites for hydroxylation is 1. The molecule has 2 aromatic carbocycles. The summed E-state index contributed by atoms with van der Waals surface area (Å²) >= 11 is 7.21. The Labute approximate surface area is 165 Å². The van der Waals surface area contributed by atoms with Gasteiger partial charge in [-0.1, -0.05) is 53.6 Å². The van der Waals surface area contributed by atoms with Gasteiger partial charge in [-0.3, -0.25) is 4.79 Å². The smallest absolute Gasteiger partial charge is 0.346 e. The van der Waals surface area contributed by atoms with E-state index in [0.717, 1.165) is 21.6 Å². The van der Waals surface area contributed by atoms with Gasteiger partial charge in [0, 0.05) is 27.8 Å². The van der Waals surface area contributed by atoms with Crippen LogP contribution in [0.5, 0.6) is 0 Å². The number of carbonyl (C=O) groups is 2. The zero-order valence-electron chi connectivity index (χ0n) is 14.5. The molecule has 0 radical (unpaired) electrons. The number of halogens is 1. The Bertz CT molecular complexity index is 1060. The predicted octanol–water partition coefficient (Wildman–Crippen LogP) is 5.55. The number of amides is 1. The first kappa shape index (κ1) is 17.8. The van der Waals surface area contributed by atoms with Crippen LogP contribution in [0.15, 0.2) is 48.5 Å². The number of anilines is 1. The van der Waals surface area contributed by atoms with Crippen LogP contribution in [0.4, 0.5) is 5.69 Å². The van der Waals surface area contributed by atoms with Crippen LogP contribution in [-0.4, -0.2) is 17.0 Å². The molecule has 4 rings (SSSR count). The lowest BCUT2D eigenvalue weighted by atomic mass is 9.88. The maximum atomic E-state index is 12.4. The maximum absolute atomic E-state index is 12.4. The van der Waals surface area contributed by atoms with Crippen molar-refractivity contribution in [1.29, 1.82) is 0 Å². The van der Waals surface area contributed by atoms with Crippen LogP contribution in [0.1, 0.15) is 38.0 Å². The molecule has 4 nitrogen and oxygen atoms in total. The minimum atomic E-state index is -1.00. The second-order valence-corrected chi connectivity index (χ2v) is 8.07. The summed E-state index contributed by atoms with van der Waals surface area (Å²) in [6.45, 7) is 2.00. The molecule has 0 aliphatic carbocycles. The third-order valence-corrected chi connectivity index (χ3v) is 6.22. The van der Waals surface area contributed by atoms with Crippen molar-refractivity contribution < 1.29 is 14.7 Å². The molecular weight excluding hydrogens is 382 g/mol. The molecule has 0 fully saturated rings. The minimum Gasteiger partial charge on any atom is -0.477 e. The quantitative estimate of drug-likeness (QED) is 0.608. The van der Waals surface area contributed by atoms with Gasteiger partial charge < -0.3 is 10.4 Å². The second-order valence-electron chi connectivity index (χ2n) is 6.58. The van der Waals surface area contributed by atoms with Crippen LogP contribution in [0, 0.1) is 6.92 Å². The van der Waals surface area contributed by atoms with Crippen molar-refractivity contribution in [3.8, 4) is 11.1 Å². The number of thiophene rings is 1. The van der Waals surface area contributed by atoms with E-state index in [4.69, 9.17) is 11.6 Å². The standard InChI is InChI=1S/C21H16ClNO3S/c1-11-3-2-4-13(9-11)15-10-16(24)23-18-17(12-5-7-14(22)8-6-12)20(21(25)26)27-19(15)18/h2-9,15H,10H2,1H3,(H,23,24)(H,25,26). The first-order chi connectivity index (χ1) is 12.9. The van der Waals surface area contributed by atoms with Gasteiger partial charge in [-0.15, -0.1) is 11.3 Å². The summed E-state index contributed by atoms with van der Waals surface area (Å²) in [7, 11) is 0. The topological polar surface area (TPSA) is 66.4 Å². The summed E-state index contributed by atoms with van der Waals surface area (Å²) in [6, 6.07) is 15.0. The molecule has 6 heteroatoms. The Hall–Kier alpha value is -2.63. The van der Waals surface area contributed by atoms with Crippen LogP contribution in [0.25, 0.3) is 11.1 Å². The second kappa shape index (κ2) is 6.83. The highest BCUT2D eigenvalue weighted by Crippen LogP contribution is 2.49. The number of carboxylic acids is 1. The van der Waals surface area contributed by atoms with E-state index in [0.29, 0.717) is 22.7 Å². The average Bonchev–Trinajstić information content (AvgIpc) is 3.01. The molecule has 1 aromatic heterocycles. The van der Waals surface area contributed by atoms with Gasteiger partial charge in [0.25, 0.3) is 0 Å². The summed E-state index contributed by atoms with van der Waals surface area (Å²) < 4.78 is 0. The molecule has 0 saturated heterocycles. The molecule has 3 aromatic rings. The number of hydrogen-bond donors (Lipinski definition) is 2. The minimum absolute atomic E-state index is 0.112. The average molecular weight is 398 g/mol. The van der Waals surface area contributed by atoms with E-state index >= 15 is 0 Å². The number of nitrogens with one attached hydrogen (secondary N) is 1. The van der Waals surface area contributed by atoms with E-state index in [2.05, 4.69) is 11.4 Å². The molecule has 1 amide bonds. The molecule has 2 N–H and O–H groups in total. The molecule has 0 saturated carbocycles. The Balaban J connectivity index is 1.94. The van der Waals surface area contributed by atoms with Gasteiger partial charge in [-0.25, -0.2) is 4.79 Å². The Morgan fingerprint density at radius 3 is 2.63 bits per heavy atom. The Morgan fingerprint density at radius 2 is 1.96 bits per heavy atom. The number of benzene rings is 2. The highest BCUT2D eigenvalue weighted by atomic mass is 35.5. The highest BCUT2D eigenvalue weighted by Gasteiger charge is 2.34. The molecule has 1 unspecified atom stereocenters. The normalized spacial score (nSPS) is 15.9. The van der Waals surface area contributed by atoms with Gasteiger partial charge >= 0.3 is 5.97 Å². The molecular formula is C21H16ClNO3S. The van der Waals surface area contributed by atoms with Crippen molar-refractivity contribution >= 4 is 40.5 Å². The van der Waals surface area contributed by atoms with Crippen molar-refractivity contribution in [2.75, 3.05) is 5.32 Å². The van der Waals surface area contributed by atoms with E-state index in [-0.39, 0.29) is 16.7 Å². The van der Waals surface area contributed by atoms with Crippen LogP contribution in [-0.2, 0) is 4.79 Å². The summed E-state index contributed by atoms with van der Waals surface area (Å²) in [6.07, 6.45) is 0.302. The van der Waals surface area contributed by atoms with Crippen LogP contribution in [0.3, 0.4) is 0 Å². The lowest BCUT2D eigenvalue weighted by Gasteiger charge is -2.24. The molecule has 1 aliphatic rings. The third kappa shape index (κ3) is 3.24. The van der Waals surface area contributed by atoms with Crippen molar-refractivity contribution in [1.82, 2.24) is 0 Å². The number of rotatable bonds is 3. The van der Waals surface area contributed by atoms with Crippen molar-refractivity contribution in [3.63, 3.8) is 0 Å². The van der Waals surface area contributed by atoms with Gasteiger partial charge in [-0.05, 0) is 30.2 Å². The molecule has 136 valence electrons. The zero-order chi connectivity index (χ0) is 19.1. The van der Waals surface area contributed by atoms with E-state index in [9.17, 15) is 14.7 Å². The van der Waals surface area contributed by atoms with Crippen molar-refractivity contribution in [2.45, 2.75) is 19.3 Å². The van der Waals surface area contributed by atoms with Gasteiger partial charge in [0.15, 0.2) is 0 Å². The number of carboxylic acid groups (broad SMARTS) is 1. The Morgan fingerprint density at radius 1 is 1.22 bits per heavy atom. The number of fused-ring (bicyclic) bond motifs is 1. The van der Waals surface area contributed by atoms with Gasteiger partial charge in [0.05, 0.1) is 5.69 Å². The first-order valence-electron chi connectivity index (χ1n) is 8.46. The lowest BCUT2D eigenvalue weighted by Crippen LogP contribution is -2.22. The van der Waals surface area contributed by atoms with E-state index in [1.807, 2.05) is 25.1 Å². The molecule has 1 aliphatic heterocycles. The summed E-state index contributed by atoms with van der Waals surface area (Å²) in [4.78, 5) is 25.5. The summed E-state index contributed by atoms with van der Waals surface area (Å²) in [5.41, 5.74) is 3.99. The number of hydrogen-bond acceptors (Lipinski definition) is 3. The number of aromatic carboxylic acids is 1. The molecule has 2 heterocycles. The highest BCUT2D eigenvalue weighted by molar-refractivity contribution is 7.15. The third-order valence-electron chi connectivity index (χ3n) is 4.68. The van der Waals surface area contributed by atoms with Gasteiger partial charge in [-0.2, -0.15) is 0 Å². The molecule has 0 bridgehead atoms. The van der Waals surface area contributed by atoms with Gasteiger partial charge in [0.1, 0.15) is 4.88 Å². The Kier molecular flexibility index (Phi) is 4.50. The van der Waals surface area contributed by atoms with E-state index < -0.39 is 5.97 Å². The molecule has 27 heavy (non-hydrogen) atoms. The molecule has 0 spiro atoms. The predicted molar refractivity (Wildman–Crippen MR) is 108 cm³/mol. The lowest BCUT2D eigenvalue weighted by molar-refractivity contribution is -0.116. The van der Waals surface area contributed by atoms with Crippen LogP contribution < -0.4 is 5.32 Å². The zero-order valence-corrected chi connectivity index (χ0v) is 16.0. The SMILES string of the molecule is Cc1cccc(C2CC(=O)Nc3c2sc(C(=O)O)c3-c2ccc(Cl)cc2)c1. The summed E-state index contributed by atoms with van der Waals surface area (Å²) in [5, 5.41) is 13.2. The largest absolute Gasteiger partial charge is 0.477 e. The van der Waals surface area contributed by atoms with Crippen molar-refractivity contribution in [3.05, 3.63) is 74.4 Å². The fraction of sp³-hybridized carbons (Fsp3) is 0.143. The van der Waals surface area contributed by atoms with E-state index in [1.54, 1.807) is 24.3 Å². The van der Waals surface area contributed by atoms with E-state index in [1.165, 1.54) is 11.3 Å². The van der Waals surface area contributed by atoms with Crippen LogP contribution >= 0.6 is 22.9 Å². The maximum Gasteiger partial charge on any atom is 0.346 e.